The van der Waals surface area contributed by atoms with Gasteiger partial charge in [0.25, 0.3) is 0 Å². The molecule has 5 N–H and O–H groups in total. The summed E-state index contributed by atoms with van der Waals surface area (Å²) in [6, 6.07) is 5.30. The van der Waals surface area contributed by atoms with E-state index in [0.29, 0.717) is 28.8 Å². The van der Waals surface area contributed by atoms with E-state index in [9.17, 15) is 9.50 Å². The fourth-order valence-electron chi connectivity index (χ4n) is 4.71. The third kappa shape index (κ3) is 3.90. The Labute approximate surface area is 181 Å². The molecule has 3 heterocycles. The van der Waals surface area contributed by atoms with E-state index in [2.05, 4.69) is 20.6 Å². The van der Waals surface area contributed by atoms with Crippen molar-refractivity contribution < 1.29 is 9.50 Å². The molecule has 2 fully saturated rings. The Bertz CT molecular complexity index is 986. The molecule has 0 spiro atoms. The molecule has 8 nitrogen and oxygen atoms in total. The first-order chi connectivity index (χ1) is 15.1. The maximum Gasteiger partial charge on any atom is 0.229 e. The van der Waals surface area contributed by atoms with Crippen molar-refractivity contribution in [2.75, 3.05) is 41.3 Å². The van der Waals surface area contributed by atoms with Gasteiger partial charge < -0.3 is 31.3 Å². The molecule has 164 valence electrons. The lowest BCUT2D eigenvalue weighted by Gasteiger charge is -2.38. The van der Waals surface area contributed by atoms with Crippen LogP contribution < -0.4 is 26.2 Å². The highest BCUT2D eigenvalue weighted by Gasteiger charge is 2.34. The molecular weight excluding hydrogens is 397 g/mol. The van der Waals surface area contributed by atoms with E-state index >= 15 is 0 Å². The van der Waals surface area contributed by atoms with Crippen LogP contribution in [-0.4, -0.2) is 53.5 Å². The number of benzene rings is 1. The van der Waals surface area contributed by atoms with Gasteiger partial charge in [0, 0.05) is 49.7 Å². The van der Waals surface area contributed by atoms with E-state index < -0.39 is 6.23 Å². The molecule has 1 saturated heterocycles. The number of halogens is 1. The molecule has 0 bridgehead atoms. The molecular formula is C22H28FN7O. The summed E-state index contributed by atoms with van der Waals surface area (Å²) in [6.45, 7) is 3.27. The number of piperazine rings is 1. The second-order valence-electron chi connectivity index (χ2n) is 8.36. The Hall–Kier alpha value is -2.91. The molecule has 1 aromatic heterocycles. The number of fused-ring (bicyclic) bond motifs is 1. The Balaban J connectivity index is 1.40. The van der Waals surface area contributed by atoms with Crippen LogP contribution in [0.2, 0.25) is 0 Å². The van der Waals surface area contributed by atoms with Crippen molar-refractivity contribution in [3.8, 4) is 0 Å². The smallest absolute Gasteiger partial charge is 0.229 e. The molecule has 2 aromatic rings. The number of nitrogens with one attached hydrogen (secondary N) is 2. The number of aliphatic hydroxyl groups excluding tert-OH is 1. The molecule has 0 amide bonds. The number of rotatable bonds is 4. The zero-order valence-corrected chi connectivity index (χ0v) is 17.4. The first kappa shape index (κ1) is 20.0. The number of hydrogen-bond donors (Lipinski definition) is 4. The molecule has 1 aliphatic carbocycles. The first-order valence-corrected chi connectivity index (χ1v) is 10.9. The SMILES string of the molecule is NC1=Cc2cnc(Nc3ccc(N4CCNCC4)c(F)c3)nc2N(C2CCCC2)C1O. The number of anilines is 4. The van der Waals surface area contributed by atoms with E-state index in [1.165, 1.54) is 6.07 Å². The van der Waals surface area contributed by atoms with E-state index in [1.807, 2.05) is 15.9 Å². The van der Waals surface area contributed by atoms with Crippen molar-refractivity contribution in [2.45, 2.75) is 38.0 Å². The van der Waals surface area contributed by atoms with Crippen molar-refractivity contribution >= 4 is 29.2 Å². The number of hydrogen-bond acceptors (Lipinski definition) is 8. The molecule has 2 aliphatic heterocycles. The minimum atomic E-state index is -0.894. The average Bonchev–Trinajstić information content (AvgIpc) is 3.30. The summed E-state index contributed by atoms with van der Waals surface area (Å²) >= 11 is 0. The molecule has 9 heteroatoms. The van der Waals surface area contributed by atoms with E-state index in [-0.39, 0.29) is 11.9 Å². The summed E-state index contributed by atoms with van der Waals surface area (Å²) in [7, 11) is 0. The van der Waals surface area contributed by atoms with Crippen LogP contribution >= 0.6 is 0 Å². The van der Waals surface area contributed by atoms with Crippen LogP contribution in [0.1, 0.15) is 31.2 Å². The predicted molar refractivity (Wildman–Crippen MR) is 120 cm³/mol. The fourth-order valence-corrected chi connectivity index (χ4v) is 4.71. The van der Waals surface area contributed by atoms with Crippen LogP contribution in [0.4, 0.5) is 27.5 Å². The van der Waals surface area contributed by atoms with Gasteiger partial charge in [0.1, 0.15) is 11.6 Å². The van der Waals surface area contributed by atoms with E-state index in [0.717, 1.165) is 57.4 Å². The van der Waals surface area contributed by atoms with Crippen LogP contribution in [0.25, 0.3) is 6.08 Å². The van der Waals surface area contributed by atoms with Gasteiger partial charge in [0.05, 0.1) is 11.4 Å². The number of nitrogens with zero attached hydrogens (tertiary/aromatic N) is 4. The highest BCUT2D eigenvalue weighted by molar-refractivity contribution is 5.72. The second kappa shape index (κ2) is 8.32. The Morgan fingerprint density at radius 1 is 1.19 bits per heavy atom. The van der Waals surface area contributed by atoms with Crippen LogP contribution in [0.15, 0.2) is 30.1 Å². The molecule has 1 saturated carbocycles. The monoisotopic (exact) mass is 425 g/mol. The van der Waals surface area contributed by atoms with Gasteiger partial charge in [-0.15, -0.1) is 0 Å². The van der Waals surface area contributed by atoms with Gasteiger partial charge in [-0.05, 0) is 37.1 Å². The Morgan fingerprint density at radius 3 is 2.71 bits per heavy atom. The van der Waals surface area contributed by atoms with Crippen LogP contribution in [0.3, 0.4) is 0 Å². The van der Waals surface area contributed by atoms with Crippen molar-refractivity contribution in [1.82, 2.24) is 15.3 Å². The van der Waals surface area contributed by atoms with Crippen LogP contribution in [-0.2, 0) is 0 Å². The van der Waals surface area contributed by atoms with Gasteiger partial charge in [-0.2, -0.15) is 4.98 Å². The molecule has 1 atom stereocenters. The van der Waals surface area contributed by atoms with Crippen molar-refractivity contribution in [3.05, 3.63) is 41.5 Å². The fraction of sp³-hybridized carbons (Fsp3) is 0.455. The van der Waals surface area contributed by atoms with Crippen LogP contribution in [0.5, 0.6) is 0 Å². The zero-order chi connectivity index (χ0) is 21.4. The van der Waals surface area contributed by atoms with E-state index in [1.54, 1.807) is 18.3 Å². The lowest BCUT2D eigenvalue weighted by atomic mass is 10.1. The third-order valence-electron chi connectivity index (χ3n) is 6.30. The summed E-state index contributed by atoms with van der Waals surface area (Å²) in [5.41, 5.74) is 8.41. The molecule has 1 aromatic carbocycles. The highest BCUT2D eigenvalue weighted by Crippen LogP contribution is 2.36. The van der Waals surface area contributed by atoms with Crippen LogP contribution in [0, 0.1) is 5.82 Å². The topological polar surface area (TPSA) is 103 Å². The maximum atomic E-state index is 14.8. The minimum absolute atomic E-state index is 0.194. The Morgan fingerprint density at radius 2 is 1.97 bits per heavy atom. The van der Waals surface area contributed by atoms with Crippen molar-refractivity contribution in [1.29, 1.82) is 0 Å². The standard InChI is InChI=1S/C22H28FN7O/c23-17-12-15(5-6-19(17)29-9-7-25-8-10-29)27-22-26-13-14-11-18(24)21(31)30(20(14)28-22)16-3-1-2-4-16/h5-6,11-13,16,21,25,31H,1-4,7-10,24H2,(H,26,27,28). The summed E-state index contributed by atoms with van der Waals surface area (Å²) in [4.78, 5) is 13.0. The third-order valence-corrected chi connectivity index (χ3v) is 6.30. The highest BCUT2D eigenvalue weighted by atomic mass is 19.1. The van der Waals surface area contributed by atoms with Crippen molar-refractivity contribution in [3.63, 3.8) is 0 Å². The summed E-state index contributed by atoms with van der Waals surface area (Å²) in [5, 5.41) is 17.1. The normalized spacial score (nSPS) is 21.7. The number of aliphatic hydroxyl groups is 1. The lowest BCUT2D eigenvalue weighted by Crippen LogP contribution is -2.47. The summed E-state index contributed by atoms with van der Waals surface area (Å²) in [6.07, 6.45) is 6.76. The van der Waals surface area contributed by atoms with E-state index in [4.69, 9.17) is 5.73 Å². The maximum absolute atomic E-state index is 14.8. The average molecular weight is 426 g/mol. The van der Waals surface area contributed by atoms with Gasteiger partial charge in [0.2, 0.25) is 5.95 Å². The molecule has 3 aliphatic rings. The predicted octanol–water partition coefficient (Wildman–Crippen LogP) is 2.15. The molecule has 31 heavy (non-hydrogen) atoms. The molecule has 5 rings (SSSR count). The second-order valence-corrected chi connectivity index (χ2v) is 8.36. The zero-order valence-electron chi connectivity index (χ0n) is 17.4. The van der Waals surface area contributed by atoms with Gasteiger partial charge in [-0.25, -0.2) is 9.37 Å². The number of nitrogens with two attached hydrogens (primary N) is 1. The Kier molecular flexibility index (Phi) is 5.37. The quantitative estimate of drug-likeness (QED) is 0.591. The van der Waals surface area contributed by atoms with Gasteiger partial charge in [-0.3, -0.25) is 0 Å². The molecule has 1 unspecified atom stereocenters. The largest absolute Gasteiger partial charge is 0.398 e. The summed E-state index contributed by atoms with van der Waals surface area (Å²) < 4.78 is 14.8. The first-order valence-electron chi connectivity index (χ1n) is 10.9. The van der Waals surface area contributed by atoms with Crippen molar-refractivity contribution in [2.24, 2.45) is 5.73 Å². The summed E-state index contributed by atoms with van der Waals surface area (Å²) in [5.74, 6) is 0.740. The molecule has 0 radical (unpaired) electrons. The lowest BCUT2D eigenvalue weighted by molar-refractivity contribution is 0.189. The number of aromatic nitrogens is 2. The van der Waals surface area contributed by atoms with Gasteiger partial charge in [-0.1, -0.05) is 12.8 Å². The minimum Gasteiger partial charge on any atom is -0.398 e. The van der Waals surface area contributed by atoms with Gasteiger partial charge in [0.15, 0.2) is 6.23 Å². The van der Waals surface area contributed by atoms with Gasteiger partial charge >= 0.3 is 0 Å².